The molecule has 1 aromatic rings. The molecule has 3 heteroatoms. The minimum absolute atomic E-state index is 0.318. The molecule has 0 heterocycles. The third-order valence-corrected chi connectivity index (χ3v) is 3.72. The van der Waals surface area contributed by atoms with Gasteiger partial charge < -0.3 is 10.8 Å². The van der Waals surface area contributed by atoms with Gasteiger partial charge in [-0.2, -0.15) is 0 Å². The topological polar surface area (TPSA) is 46.2 Å². The molecule has 1 aliphatic rings. The smallest absolute Gasteiger partial charge is 0.0760 e. The van der Waals surface area contributed by atoms with Crippen LogP contribution in [-0.2, 0) is 0 Å². The molecule has 1 aliphatic carbocycles. The summed E-state index contributed by atoms with van der Waals surface area (Å²) >= 11 is 5.92. The Hall–Kier alpha value is -0.570. The molecule has 0 bridgehead atoms. The lowest BCUT2D eigenvalue weighted by Gasteiger charge is -2.24. The fourth-order valence-electron chi connectivity index (χ4n) is 2.50. The van der Waals surface area contributed by atoms with E-state index >= 15 is 0 Å². The van der Waals surface area contributed by atoms with Gasteiger partial charge >= 0.3 is 0 Å². The molecule has 1 saturated carbocycles. The average Bonchev–Trinajstić information content (AvgIpc) is 2.80. The van der Waals surface area contributed by atoms with Gasteiger partial charge in [0.1, 0.15) is 0 Å². The summed E-state index contributed by atoms with van der Waals surface area (Å²) in [6.45, 7) is 0. The van der Waals surface area contributed by atoms with E-state index in [1.54, 1.807) is 0 Å². The van der Waals surface area contributed by atoms with E-state index in [0.29, 0.717) is 10.9 Å². The molecule has 2 atom stereocenters. The van der Waals surface area contributed by atoms with E-state index in [4.69, 9.17) is 17.3 Å². The van der Waals surface area contributed by atoms with Gasteiger partial charge in [0, 0.05) is 5.02 Å². The Morgan fingerprint density at radius 2 is 2.00 bits per heavy atom. The summed E-state index contributed by atoms with van der Waals surface area (Å²) < 4.78 is 0. The number of hydrogen-bond acceptors (Lipinski definition) is 2. The molecule has 0 radical (unpaired) electrons. The zero-order valence-electron chi connectivity index (χ0n) is 9.27. The van der Waals surface area contributed by atoms with Crippen LogP contribution in [0.1, 0.15) is 37.3 Å². The second kappa shape index (κ2) is 5.17. The van der Waals surface area contributed by atoms with E-state index in [1.165, 1.54) is 12.8 Å². The first-order valence-corrected chi connectivity index (χ1v) is 6.25. The molecule has 0 unspecified atom stereocenters. The number of rotatable bonds is 3. The second-order valence-electron chi connectivity index (χ2n) is 4.62. The predicted molar refractivity (Wildman–Crippen MR) is 66.3 cm³/mol. The SMILES string of the molecule is N[C@H](c1cccc(Cl)c1)[C@@H](O)C1CCCC1. The highest BCUT2D eigenvalue weighted by Gasteiger charge is 2.28. The fourth-order valence-corrected chi connectivity index (χ4v) is 2.70. The first kappa shape index (κ1) is 11.9. The van der Waals surface area contributed by atoms with Crippen molar-refractivity contribution in [2.24, 2.45) is 11.7 Å². The van der Waals surface area contributed by atoms with Crippen molar-refractivity contribution in [2.75, 3.05) is 0 Å². The first-order chi connectivity index (χ1) is 7.68. The summed E-state index contributed by atoms with van der Waals surface area (Å²) in [4.78, 5) is 0. The van der Waals surface area contributed by atoms with Gasteiger partial charge in [-0.05, 0) is 36.5 Å². The molecule has 16 heavy (non-hydrogen) atoms. The molecule has 0 amide bonds. The Morgan fingerprint density at radius 1 is 1.31 bits per heavy atom. The van der Waals surface area contributed by atoms with Crippen molar-refractivity contribution < 1.29 is 5.11 Å². The molecular weight excluding hydrogens is 222 g/mol. The van der Waals surface area contributed by atoms with Gasteiger partial charge in [0.05, 0.1) is 12.1 Å². The third kappa shape index (κ3) is 2.57. The van der Waals surface area contributed by atoms with Gasteiger partial charge in [0.15, 0.2) is 0 Å². The van der Waals surface area contributed by atoms with E-state index in [-0.39, 0.29) is 6.04 Å². The number of hydrogen-bond donors (Lipinski definition) is 2. The summed E-state index contributed by atoms with van der Waals surface area (Å²) in [6.07, 6.45) is 4.17. The maximum Gasteiger partial charge on any atom is 0.0760 e. The highest BCUT2D eigenvalue weighted by molar-refractivity contribution is 6.30. The minimum atomic E-state index is -0.444. The normalized spacial score (nSPS) is 20.9. The summed E-state index contributed by atoms with van der Waals surface area (Å²) in [6, 6.07) is 7.14. The summed E-state index contributed by atoms with van der Waals surface area (Å²) in [5.41, 5.74) is 7.00. The van der Waals surface area contributed by atoms with Crippen molar-refractivity contribution in [3.05, 3.63) is 34.9 Å². The molecule has 2 rings (SSSR count). The standard InChI is InChI=1S/C13H18ClNO/c14-11-7-3-6-10(8-11)12(15)13(16)9-4-1-2-5-9/h3,6-9,12-13,16H,1-2,4-5,15H2/t12-,13+/m1/s1. The molecule has 0 saturated heterocycles. The van der Waals surface area contributed by atoms with Crippen LogP contribution in [0, 0.1) is 5.92 Å². The van der Waals surface area contributed by atoms with Crippen molar-refractivity contribution in [1.82, 2.24) is 0 Å². The van der Waals surface area contributed by atoms with Crippen LogP contribution in [-0.4, -0.2) is 11.2 Å². The monoisotopic (exact) mass is 239 g/mol. The Kier molecular flexibility index (Phi) is 3.85. The highest BCUT2D eigenvalue weighted by atomic mass is 35.5. The van der Waals surface area contributed by atoms with Gasteiger partial charge in [-0.1, -0.05) is 36.6 Å². The van der Waals surface area contributed by atoms with Crippen LogP contribution in [0.5, 0.6) is 0 Å². The van der Waals surface area contributed by atoms with Gasteiger partial charge in [0.2, 0.25) is 0 Å². The largest absolute Gasteiger partial charge is 0.391 e. The Bertz CT molecular complexity index is 350. The van der Waals surface area contributed by atoms with Crippen LogP contribution < -0.4 is 5.73 Å². The summed E-state index contributed by atoms with van der Waals surface area (Å²) in [5, 5.41) is 10.9. The number of benzene rings is 1. The van der Waals surface area contributed by atoms with Gasteiger partial charge in [-0.15, -0.1) is 0 Å². The Labute approximate surface area is 101 Å². The summed E-state index contributed by atoms with van der Waals surface area (Å²) in [7, 11) is 0. The molecule has 0 spiro atoms. The van der Waals surface area contributed by atoms with E-state index in [2.05, 4.69) is 0 Å². The van der Waals surface area contributed by atoms with Crippen molar-refractivity contribution in [1.29, 1.82) is 0 Å². The third-order valence-electron chi connectivity index (χ3n) is 3.48. The maximum atomic E-state index is 10.2. The van der Waals surface area contributed by atoms with Crippen molar-refractivity contribution in [3.63, 3.8) is 0 Å². The number of nitrogens with two attached hydrogens (primary N) is 1. The number of halogens is 1. The molecule has 0 aromatic heterocycles. The Morgan fingerprint density at radius 3 is 2.62 bits per heavy atom. The van der Waals surface area contributed by atoms with Crippen LogP contribution in [0.3, 0.4) is 0 Å². The fraction of sp³-hybridized carbons (Fsp3) is 0.538. The van der Waals surface area contributed by atoms with Crippen LogP contribution >= 0.6 is 11.6 Å². The highest BCUT2D eigenvalue weighted by Crippen LogP contribution is 2.32. The molecule has 1 aromatic carbocycles. The van der Waals surface area contributed by atoms with Gasteiger partial charge in [-0.25, -0.2) is 0 Å². The van der Waals surface area contributed by atoms with E-state index in [0.717, 1.165) is 18.4 Å². The Balaban J connectivity index is 2.08. The van der Waals surface area contributed by atoms with Crippen LogP contribution in [0.15, 0.2) is 24.3 Å². The number of aliphatic hydroxyl groups is 1. The molecule has 0 aliphatic heterocycles. The lowest BCUT2D eigenvalue weighted by molar-refractivity contribution is 0.0845. The second-order valence-corrected chi connectivity index (χ2v) is 5.05. The van der Waals surface area contributed by atoms with Crippen LogP contribution in [0.4, 0.5) is 0 Å². The zero-order chi connectivity index (χ0) is 11.5. The van der Waals surface area contributed by atoms with Gasteiger partial charge in [-0.3, -0.25) is 0 Å². The van der Waals surface area contributed by atoms with Crippen LogP contribution in [0.25, 0.3) is 0 Å². The van der Waals surface area contributed by atoms with Crippen LogP contribution in [0.2, 0.25) is 5.02 Å². The van der Waals surface area contributed by atoms with E-state index < -0.39 is 6.10 Å². The predicted octanol–water partition coefficient (Wildman–Crippen LogP) is 2.89. The molecule has 3 N–H and O–H groups in total. The molecule has 88 valence electrons. The minimum Gasteiger partial charge on any atom is -0.391 e. The quantitative estimate of drug-likeness (QED) is 0.852. The molecular formula is C13H18ClNO. The number of aliphatic hydroxyl groups excluding tert-OH is 1. The lowest BCUT2D eigenvalue weighted by Crippen LogP contribution is -2.31. The van der Waals surface area contributed by atoms with Gasteiger partial charge in [0.25, 0.3) is 0 Å². The maximum absolute atomic E-state index is 10.2. The average molecular weight is 240 g/mol. The zero-order valence-corrected chi connectivity index (χ0v) is 10.0. The van der Waals surface area contributed by atoms with E-state index in [9.17, 15) is 5.11 Å². The van der Waals surface area contributed by atoms with Crippen molar-refractivity contribution >= 4 is 11.6 Å². The molecule has 2 nitrogen and oxygen atoms in total. The van der Waals surface area contributed by atoms with Crippen molar-refractivity contribution in [2.45, 2.75) is 37.8 Å². The lowest BCUT2D eigenvalue weighted by atomic mass is 9.91. The van der Waals surface area contributed by atoms with Crippen molar-refractivity contribution in [3.8, 4) is 0 Å². The first-order valence-electron chi connectivity index (χ1n) is 5.87. The molecule has 1 fully saturated rings. The summed E-state index contributed by atoms with van der Waals surface area (Å²) in [5.74, 6) is 0.356. The van der Waals surface area contributed by atoms with E-state index in [1.807, 2.05) is 24.3 Å².